The average Bonchev–Trinajstić information content (AvgIpc) is 3.11. The number of fused-ring (bicyclic) bond motifs is 1. The molecule has 2 saturated heterocycles. The minimum absolute atomic E-state index is 0.154. The van der Waals surface area contributed by atoms with Gasteiger partial charge in [0.15, 0.2) is 0 Å². The predicted octanol–water partition coefficient (Wildman–Crippen LogP) is 0.0617. The number of hydrogen-bond donors (Lipinski definition) is 3. The van der Waals surface area contributed by atoms with Crippen molar-refractivity contribution in [2.45, 2.75) is 50.4 Å². The molecule has 9 nitrogen and oxygen atoms in total. The smallest absolute Gasteiger partial charge is 0.255 e. The lowest BCUT2D eigenvalue weighted by Crippen LogP contribution is -2.52. The van der Waals surface area contributed by atoms with Gasteiger partial charge in [0.1, 0.15) is 6.04 Å². The van der Waals surface area contributed by atoms with Crippen LogP contribution in [0, 0.1) is 0 Å². The average molecular weight is 431 g/mol. The molecular formula is C22H30N4O5. The monoisotopic (exact) mass is 430 g/mol. The van der Waals surface area contributed by atoms with Crippen molar-refractivity contribution in [3.63, 3.8) is 0 Å². The molecule has 0 bridgehead atoms. The van der Waals surface area contributed by atoms with Gasteiger partial charge in [0.2, 0.25) is 11.8 Å². The van der Waals surface area contributed by atoms with E-state index in [0.717, 1.165) is 24.0 Å². The number of nitrogens with zero attached hydrogens (tertiary/aromatic N) is 1. The Morgan fingerprint density at radius 2 is 2.06 bits per heavy atom. The van der Waals surface area contributed by atoms with Crippen LogP contribution in [-0.4, -0.2) is 67.2 Å². The Morgan fingerprint density at radius 1 is 1.26 bits per heavy atom. The maximum absolute atomic E-state index is 12.9. The Kier molecular flexibility index (Phi) is 6.66. The SMILES string of the molecule is NCC1(OCCNCc2cccc3c2CN(C2CCC(=O)NC2=O)C3=O)CCOCC1. The van der Waals surface area contributed by atoms with E-state index in [9.17, 15) is 14.4 Å². The van der Waals surface area contributed by atoms with Gasteiger partial charge in [-0.1, -0.05) is 12.1 Å². The van der Waals surface area contributed by atoms with Crippen molar-refractivity contribution in [3.05, 3.63) is 34.9 Å². The molecule has 1 aromatic carbocycles. The molecule has 3 aliphatic heterocycles. The first-order chi connectivity index (χ1) is 15.0. The number of carbonyl (C=O) groups excluding carboxylic acids is 3. The van der Waals surface area contributed by atoms with Crippen molar-refractivity contribution < 1.29 is 23.9 Å². The van der Waals surface area contributed by atoms with E-state index >= 15 is 0 Å². The highest BCUT2D eigenvalue weighted by Crippen LogP contribution is 2.30. The summed E-state index contributed by atoms with van der Waals surface area (Å²) in [5, 5.41) is 5.72. The molecule has 0 spiro atoms. The summed E-state index contributed by atoms with van der Waals surface area (Å²) in [7, 11) is 0. The van der Waals surface area contributed by atoms with Gasteiger partial charge < -0.3 is 25.4 Å². The second-order valence-corrected chi connectivity index (χ2v) is 8.37. The van der Waals surface area contributed by atoms with Gasteiger partial charge in [-0.15, -0.1) is 0 Å². The third kappa shape index (κ3) is 4.64. The Labute approximate surface area is 181 Å². The standard InChI is InChI=1S/C22H30N4O5/c23-14-22(6-9-30-10-7-22)31-11-8-24-12-15-2-1-3-16-17(15)13-26(21(16)29)18-4-5-19(27)25-20(18)28/h1-3,18,24H,4-14,23H2,(H,25,27,28). The molecule has 31 heavy (non-hydrogen) atoms. The lowest BCUT2D eigenvalue weighted by molar-refractivity contribution is -0.136. The van der Waals surface area contributed by atoms with Gasteiger partial charge >= 0.3 is 0 Å². The van der Waals surface area contributed by atoms with Crippen LogP contribution in [-0.2, 0) is 32.2 Å². The molecule has 3 amide bonds. The van der Waals surface area contributed by atoms with Crippen LogP contribution < -0.4 is 16.4 Å². The quantitative estimate of drug-likeness (QED) is 0.394. The summed E-state index contributed by atoms with van der Waals surface area (Å²) >= 11 is 0. The maximum atomic E-state index is 12.9. The number of rotatable bonds is 8. The Morgan fingerprint density at radius 3 is 2.81 bits per heavy atom. The van der Waals surface area contributed by atoms with Gasteiger partial charge in [0.05, 0.1) is 12.2 Å². The highest BCUT2D eigenvalue weighted by Gasteiger charge is 2.39. The normalized spacial score (nSPS) is 23.1. The molecule has 1 unspecified atom stereocenters. The number of amides is 3. The molecule has 0 aromatic heterocycles. The first-order valence-corrected chi connectivity index (χ1v) is 10.9. The molecule has 1 atom stereocenters. The fourth-order valence-corrected chi connectivity index (χ4v) is 4.53. The van der Waals surface area contributed by atoms with Crippen LogP contribution in [0.3, 0.4) is 0 Å². The summed E-state index contributed by atoms with van der Waals surface area (Å²) in [5.74, 6) is -0.829. The second kappa shape index (κ2) is 9.44. The number of benzene rings is 1. The van der Waals surface area contributed by atoms with Crippen molar-refractivity contribution in [1.29, 1.82) is 0 Å². The van der Waals surface area contributed by atoms with Crippen LogP contribution in [0.2, 0.25) is 0 Å². The molecule has 0 aliphatic carbocycles. The lowest BCUT2D eigenvalue weighted by atomic mass is 9.94. The number of ether oxygens (including phenoxy) is 2. The van der Waals surface area contributed by atoms with E-state index in [0.29, 0.717) is 58.0 Å². The zero-order valence-electron chi connectivity index (χ0n) is 17.7. The van der Waals surface area contributed by atoms with Gasteiger partial charge in [0, 0.05) is 64.2 Å². The van der Waals surface area contributed by atoms with Crippen molar-refractivity contribution in [2.24, 2.45) is 5.73 Å². The van der Waals surface area contributed by atoms with Crippen LogP contribution in [0.1, 0.15) is 47.2 Å². The Bertz CT molecular complexity index is 852. The first-order valence-electron chi connectivity index (χ1n) is 10.9. The summed E-state index contributed by atoms with van der Waals surface area (Å²) in [6, 6.07) is 5.06. The largest absolute Gasteiger partial charge is 0.381 e. The second-order valence-electron chi connectivity index (χ2n) is 8.37. The molecule has 0 saturated carbocycles. The molecule has 9 heteroatoms. The Hall–Kier alpha value is -2.33. The van der Waals surface area contributed by atoms with Gasteiger partial charge in [0.25, 0.3) is 5.91 Å². The number of piperidine rings is 1. The van der Waals surface area contributed by atoms with E-state index in [4.69, 9.17) is 15.2 Å². The first kappa shape index (κ1) is 21.9. The van der Waals surface area contributed by atoms with E-state index in [1.165, 1.54) is 0 Å². The third-order valence-electron chi connectivity index (χ3n) is 6.46. The molecular weight excluding hydrogens is 400 g/mol. The number of nitrogens with two attached hydrogens (primary N) is 1. The molecule has 0 radical (unpaired) electrons. The van der Waals surface area contributed by atoms with Gasteiger partial charge in [-0.3, -0.25) is 19.7 Å². The van der Waals surface area contributed by atoms with Crippen molar-refractivity contribution in [1.82, 2.24) is 15.5 Å². The summed E-state index contributed by atoms with van der Waals surface area (Å²) in [6.45, 7) is 4.04. The van der Waals surface area contributed by atoms with Gasteiger partial charge in [-0.2, -0.15) is 0 Å². The van der Waals surface area contributed by atoms with E-state index in [1.54, 1.807) is 11.0 Å². The van der Waals surface area contributed by atoms with Crippen molar-refractivity contribution in [2.75, 3.05) is 32.9 Å². The molecule has 3 aliphatic rings. The predicted molar refractivity (Wildman–Crippen MR) is 112 cm³/mol. The molecule has 4 rings (SSSR count). The summed E-state index contributed by atoms with van der Waals surface area (Å²) in [4.78, 5) is 38.1. The fourth-order valence-electron chi connectivity index (χ4n) is 4.53. The van der Waals surface area contributed by atoms with Crippen LogP contribution in [0.4, 0.5) is 0 Å². The molecule has 4 N–H and O–H groups in total. The van der Waals surface area contributed by atoms with Crippen LogP contribution in [0.25, 0.3) is 0 Å². The third-order valence-corrected chi connectivity index (χ3v) is 6.46. The zero-order valence-corrected chi connectivity index (χ0v) is 17.7. The topological polar surface area (TPSA) is 123 Å². The minimum Gasteiger partial charge on any atom is -0.381 e. The van der Waals surface area contributed by atoms with Crippen LogP contribution in [0.15, 0.2) is 18.2 Å². The highest BCUT2D eigenvalue weighted by atomic mass is 16.5. The highest BCUT2D eigenvalue weighted by molar-refractivity contribution is 6.05. The van der Waals surface area contributed by atoms with Gasteiger partial charge in [-0.25, -0.2) is 0 Å². The number of carbonyl (C=O) groups is 3. The van der Waals surface area contributed by atoms with E-state index in [1.807, 2.05) is 12.1 Å². The minimum atomic E-state index is -0.598. The molecule has 168 valence electrons. The van der Waals surface area contributed by atoms with Gasteiger partial charge in [-0.05, 0) is 23.6 Å². The van der Waals surface area contributed by atoms with E-state index in [2.05, 4.69) is 10.6 Å². The van der Waals surface area contributed by atoms with Crippen molar-refractivity contribution >= 4 is 17.7 Å². The van der Waals surface area contributed by atoms with Crippen LogP contribution >= 0.6 is 0 Å². The summed E-state index contributed by atoms with van der Waals surface area (Å²) in [6.07, 6.45) is 2.24. The fraction of sp³-hybridized carbons (Fsp3) is 0.591. The molecule has 3 heterocycles. The Balaban J connectivity index is 1.32. The molecule has 1 aromatic rings. The number of imide groups is 1. The van der Waals surface area contributed by atoms with E-state index < -0.39 is 11.9 Å². The van der Waals surface area contributed by atoms with Crippen molar-refractivity contribution in [3.8, 4) is 0 Å². The van der Waals surface area contributed by atoms with Crippen LogP contribution in [0.5, 0.6) is 0 Å². The number of nitrogens with one attached hydrogen (secondary N) is 2. The maximum Gasteiger partial charge on any atom is 0.255 e. The zero-order chi connectivity index (χ0) is 21.8. The lowest BCUT2D eigenvalue weighted by Gasteiger charge is -2.36. The van der Waals surface area contributed by atoms with E-state index in [-0.39, 0.29) is 23.8 Å². The molecule has 2 fully saturated rings. The summed E-state index contributed by atoms with van der Waals surface area (Å²) < 4.78 is 11.5. The number of hydrogen-bond acceptors (Lipinski definition) is 7. The summed E-state index contributed by atoms with van der Waals surface area (Å²) in [5.41, 5.74) is 8.23.